The minimum absolute atomic E-state index is 0.0187. The second kappa shape index (κ2) is 13.9. The fourth-order valence-electron chi connectivity index (χ4n) is 6.84. The number of likely N-dealkylation sites (tertiary alicyclic amines) is 1. The summed E-state index contributed by atoms with van der Waals surface area (Å²) in [5.74, 6) is 0.519. The van der Waals surface area contributed by atoms with Crippen molar-refractivity contribution in [2.45, 2.75) is 89.8 Å². The zero-order chi connectivity index (χ0) is 32.3. The van der Waals surface area contributed by atoms with E-state index in [1.807, 2.05) is 16.0 Å². The minimum atomic E-state index is -2.03. The van der Waals surface area contributed by atoms with Crippen molar-refractivity contribution in [1.82, 2.24) is 40.0 Å². The van der Waals surface area contributed by atoms with Crippen LogP contribution >= 0.6 is 0 Å². The molecule has 2 fully saturated rings. The van der Waals surface area contributed by atoms with Gasteiger partial charge in [-0.15, -0.1) is 0 Å². The van der Waals surface area contributed by atoms with Crippen LogP contribution in [0.4, 0.5) is 4.79 Å². The largest absolute Gasteiger partial charge is 0.411 e. The van der Waals surface area contributed by atoms with Crippen molar-refractivity contribution < 1.29 is 9.22 Å². The molecular formula is C35H52N8O2Si. The molecular weight excluding hydrogens is 593 g/mol. The van der Waals surface area contributed by atoms with Crippen molar-refractivity contribution in [1.29, 1.82) is 0 Å². The molecule has 0 aliphatic carbocycles. The first kappa shape index (κ1) is 32.8. The molecule has 0 bridgehead atoms. The van der Waals surface area contributed by atoms with Crippen LogP contribution in [0, 0.1) is 0 Å². The Morgan fingerprint density at radius 1 is 0.891 bits per heavy atom. The Hall–Kier alpha value is -3.12. The Bertz CT molecular complexity index is 1430. The summed E-state index contributed by atoms with van der Waals surface area (Å²) in [6.45, 7) is 19.9. The number of urea groups is 1. The fourth-order valence-corrected chi connectivity index (χ4v) is 8.18. The molecule has 1 N–H and O–H groups in total. The molecule has 10 nitrogen and oxygen atoms in total. The van der Waals surface area contributed by atoms with Gasteiger partial charge in [0.25, 0.3) is 0 Å². The van der Waals surface area contributed by atoms with Crippen molar-refractivity contribution in [3.8, 4) is 0 Å². The van der Waals surface area contributed by atoms with Gasteiger partial charge in [-0.2, -0.15) is 15.4 Å². The third kappa shape index (κ3) is 7.87. The van der Waals surface area contributed by atoms with E-state index < -0.39 is 8.32 Å². The quantitative estimate of drug-likeness (QED) is 0.285. The van der Waals surface area contributed by atoms with Crippen LogP contribution in [-0.4, -0.2) is 106 Å². The number of carbonyl (C=O) groups excluding carboxylic acids is 1. The maximum atomic E-state index is 13.7. The molecule has 1 aromatic carbocycles. The highest BCUT2D eigenvalue weighted by Gasteiger charge is 2.41. The second-order valence-electron chi connectivity index (χ2n) is 15.0. The summed E-state index contributed by atoms with van der Waals surface area (Å²) in [4.78, 5) is 27.4. The van der Waals surface area contributed by atoms with Gasteiger partial charge in [0.2, 0.25) is 0 Å². The van der Waals surface area contributed by atoms with Crippen molar-refractivity contribution in [3.63, 3.8) is 0 Å². The molecule has 1 atom stereocenters. The van der Waals surface area contributed by atoms with E-state index in [4.69, 9.17) is 9.41 Å². The van der Waals surface area contributed by atoms with E-state index in [0.29, 0.717) is 19.0 Å². The summed E-state index contributed by atoms with van der Waals surface area (Å²) in [6, 6.07) is 13.2. The first-order valence-electron chi connectivity index (χ1n) is 17.1. The van der Waals surface area contributed by atoms with Crippen LogP contribution in [0.5, 0.6) is 0 Å². The van der Waals surface area contributed by atoms with Crippen molar-refractivity contribution in [2.75, 3.05) is 45.8 Å². The van der Waals surface area contributed by atoms with Crippen LogP contribution < -0.4 is 0 Å². The Balaban J connectivity index is 1.03. The van der Waals surface area contributed by atoms with Gasteiger partial charge in [-0.05, 0) is 79.2 Å². The summed E-state index contributed by atoms with van der Waals surface area (Å²) in [7, 11) is -2.03. The molecule has 5 heterocycles. The first-order valence-corrected chi connectivity index (χ1v) is 20.0. The molecule has 6 rings (SSSR count). The predicted octanol–water partition coefficient (Wildman–Crippen LogP) is 5.27. The maximum Gasteiger partial charge on any atom is 0.320 e. The number of H-pyrrole nitrogens is 1. The van der Waals surface area contributed by atoms with Crippen molar-refractivity contribution in [2.24, 2.45) is 0 Å². The Morgan fingerprint density at radius 2 is 1.65 bits per heavy atom. The molecule has 2 amide bonds. The molecule has 248 valence electrons. The van der Waals surface area contributed by atoms with E-state index in [0.717, 1.165) is 83.0 Å². The summed E-state index contributed by atoms with van der Waals surface area (Å²) < 4.78 is 7.02. The van der Waals surface area contributed by atoms with Gasteiger partial charge in [0.05, 0.1) is 30.2 Å². The highest BCUT2D eigenvalue weighted by Crippen LogP contribution is 2.38. The predicted molar refractivity (Wildman–Crippen MR) is 183 cm³/mol. The number of benzene rings is 1. The summed E-state index contributed by atoms with van der Waals surface area (Å²) in [6.07, 6.45) is 7.10. The summed E-state index contributed by atoms with van der Waals surface area (Å²) in [5, 5.41) is 10.9. The highest BCUT2D eigenvalue weighted by atomic mass is 28.4. The second-order valence-corrected chi connectivity index (χ2v) is 19.8. The molecule has 0 saturated carbocycles. The smallest absolute Gasteiger partial charge is 0.320 e. The average Bonchev–Trinajstić information content (AvgIpc) is 3.67. The van der Waals surface area contributed by atoms with Gasteiger partial charge < -0.3 is 14.2 Å². The van der Waals surface area contributed by atoms with Gasteiger partial charge in [-0.3, -0.25) is 14.8 Å². The standard InChI is InChI=1S/C35H52N8O2Si/c1-35(2,3)46(4,5)45-33(25-41-17-14-27-8-6-7-9-30(27)22-41)26-43-19-18-42(34(43)44)24-31-11-10-29(20-36-31)28-12-15-40(16-13-28)23-32-21-37-39-38-32/h6-11,20-21,28,33H,12-19,22-26H2,1-5H3,(H,37,38,39)/t33-/m1/s1. The van der Waals surface area contributed by atoms with Gasteiger partial charge in [0.1, 0.15) is 0 Å². The lowest BCUT2D eigenvalue weighted by atomic mass is 9.90. The number of amides is 2. The van der Waals surface area contributed by atoms with Gasteiger partial charge in [0.15, 0.2) is 8.32 Å². The van der Waals surface area contributed by atoms with Crippen molar-refractivity contribution >= 4 is 14.3 Å². The molecule has 11 heteroatoms. The molecule has 2 aromatic heterocycles. The van der Waals surface area contributed by atoms with Crippen LogP contribution in [0.1, 0.15) is 67.6 Å². The van der Waals surface area contributed by atoms with Gasteiger partial charge in [0, 0.05) is 52.0 Å². The number of aromatic nitrogens is 4. The normalized spacial score (nSPS) is 19.5. The fraction of sp³-hybridized carbons (Fsp3) is 0.600. The zero-order valence-electron chi connectivity index (χ0n) is 28.4. The van der Waals surface area contributed by atoms with Crippen LogP contribution in [0.3, 0.4) is 0 Å². The lowest BCUT2D eigenvalue weighted by molar-refractivity contribution is 0.0878. The lowest BCUT2D eigenvalue weighted by Crippen LogP contribution is -2.51. The minimum Gasteiger partial charge on any atom is -0.411 e. The third-order valence-electron chi connectivity index (χ3n) is 10.7. The number of nitrogens with zero attached hydrogens (tertiary/aromatic N) is 7. The number of aromatic amines is 1. The Kier molecular flexibility index (Phi) is 9.93. The summed E-state index contributed by atoms with van der Waals surface area (Å²) >= 11 is 0. The van der Waals surface area contributed by atoms with Gasteiger partial charge >= 0.3 is 6.03 Å². The van der Waals surface area contributed by atoms with E-state index in [1.165, 1.54) is 16.7 Å². The number of piperidine rings is 1. The SMILES string of the molecule is CC(C)(C)[Si](C)(C)O[C@H](CN1CCc2ccccc2C1)CN1CCN(Cc2ccc(C3CCN(Cc4cn[nH]n4)CC3)cn2)C1=O. The van der Waals surface area contributed by atoms with E-state index >= 15 is 0 Å². The molecule has 0 unspecified atom stereocenters. The van der Waals surface area contributed by atoms with Crippen LogP contribution in [0.15, 0.2) is 48.8 Å². The van der Waals surface area contributed by atoms with Crippen LogP contribution in [0.2, 0.25) is 18.1 Å². The van der Waals surface area contributed by atoms with Gasteiger partial charge in [-0.25, -0.2) is 4.79 Å². The number of pyridine rings is 1. The number of hydrogen-bond acceptors (Lipinski definition) is 7. The van der Waals surface area contributed by atoms with E-state index in [1.54, 1.807) is 6.20 Å². The lowest BCUT2D eigenvalue weighted by Gasteiger charge is -2.42. The maximum absolute atomic E-state index is 13.7. The molecule has 3 aromatic rings. The molecule has 3 aliphatic heterocycles. The number of rotatable bonds is 11. The van der Waals surface area contributed by atoms with Gasteiger partial charge in [-0.1, -0.05) is 51.1 Å². The average molecular weight is 645 g/mol. The third-order valence-corrected chi connectivity index (χ3v) is 15.2. The number of nitrogens with one attached hydrogen (secondary N) is 1. The molecule has 0 spiro atoms. The Labute approximate surface area is 275 Å². The molecule has 0 radical (unpaired) electrons. The van der Waals surface area contributed by atoms with E-state index in [-0.39, 0.29) is 17.2 Å². The Morgan fingerprint density at radius 3 is 2.35 bits per heavy atom. The van der Waals surface area contributed by atoms with Crippen LogP contribution in [0.25, 0.3) is 0 Å². The van der Waals surface area contributed by atoms with Crippen molar-refractivity contribution in [3.05, 3.63) is 76.9 Å². The van der Waals surface area contributed by atoms with E-state index in [9.17, 15) is 4.79 Å². The first-order chi connectivity index (χ1) is 22.0. The molecule has 2 saturated heterocycles. The zero-order valence-corrected chi connectivity index (χ0v) is 29.4. The number of fused-ring (bicyclic) bond motifs is 1. The highest BCUT2D eigenvalue weighted by molar-refractivity contribution is 6.74. The molecule has 46 heavy (non-hydrogen) atoms. The number of carbonyl (C=O) groups is 1. The topological polar surface area (TPSA) is 93.7 Å². The summed E-state index contributed by atoms with van der Waals surface area (Å²) in [5.41, 5.74) is 6.10. The monoisotopic (exact) mass is 644 g/mol. The van der Waals surface area contributed by atoms with Crippen LogP contribution in [-0.2, 0) is 30.5 Å². The number of hydrogen-bond donors (Lipinski definition) is 1. The van der Waals surface area contributed by atoms with E-state index in [2.05, 4.69) is 95.5 Å². The molecule has 3 aliphatic rings.